The summed E-state index contributed by atoms with van der Waals surface area (Å²) in [5, 5.41) is 3.45. The summed E-state index contributed by atoms with van der Waals surface area (Å²) in [6.07, 6.45) is 1.79. The molecule has 0 bridgehead atoms. The average molecular weight is 288 g/mol. The van der Waals surface area contributed by atoms with E-state index in [4.69, 9.17) is 0 Å². The predicted octanol–water partition coefficient (Wildman–Crippen LogP) is 1.83. The van der Waals surface area contributed by atoms with Gasteiger partial charge in [0.2, 0.25) is 5.91 Å². The van der Waals surface area contributed by atoms with Gasteiger partial charge in [-0.3, -0.25) is 4.79 Å². The number of nitrogens with one attached hydrogen (secondary N) is 1. The van der Waals surface area contributed by atoms with Gasteiger partial charge in [-0.1, -0.05) is 13.8 Å². The van der Waals surface area contributed by atoms with E-state index in [2.05, 4.69) is 24.1 Å². The molecule has 0 radical (unpaired) electrons. The molecule has 3 nitrogen and oxygen atoms in total. The zero-order valence-electron chi connectivity index (χ0n) is 11.4. The summed E-state index contributed by atoms with van der Waals surface area (Å²) in [6.45, 7) is 7.47. The van der Waals surface area contributed by atoms with Gasteiger partial charge in [-0.2, -0.15) is 23.5 Å². The van der Waals surface area contributed by atoms with Crippen LogP contribution in [-0.4, -0.2) is 58.5 Å². The van der Waals surface area contributed by atoms with Gasteiger partial charge in [-0.25, -0.2) is 0 Å². The van der Waals surface area contributed by atoms with Crippen LogP contribution < -0.4 is 5.32 Å². The molecule has 0 aromatic carbocycles. The van der Waals surface area contributed by atoms with Crippen LogP contribution in [-0.2, 0) is 4.79 Å². The minimum Gasteiger partial charge on any atom is -0.342 e. The number of thioether (sulfide) groups is 2. The van der Waals surface area contributed by atoms with E-state index in [1.54, 1.807) is 0 Å². The van der Waals surface area contributed by atoms with E-state index >= 15 is 0 Å². The first kappa shape index (κ1) is 14.5. The van der Waals surface area contributed by atoms with Crippen molar-refractivity contribution in [2.45, 2.75) is 37.5 Å². The number of carbonyl (C=O) groups excluding carboxylic acids is 1. The first-order valence-corrected chi connectivity index (χ1v) is 8.94. The fourth-order valence-electron chi connectivity index (χ4n) is 2.36. The SMILES string of the molecule is CC1(C)CCN(C(=O)CC2CSCCN2)CCS1. The molecular weight excluding hydrogens is 264 g/mol. The van der Waals surface area contributed by atoms with Gasteiger partial charge >= 0.3 is 0 Å². The molecule has 0 spiro atoms. The van der Waals surface area contributed by atoms with Gasteiger partial charge < -0.3 is 10.2 Å². The normalized spacial score (nSPS) is 28.8. The molecule has 1 atom stereocenters. The molecule has 1 unspecified atom stereocenters. The molecule has 1 N–H and O–H groups in total. The Kier molecular flexibility index (Phi) is 5.27. The highest BCUT2D eigenvalue weighted by Crippen LogP contribution is 2.30. The van der Waals surface area contributed by atoms with Crippen LogP contribution in [0.4, 0.5) is 0 Å². The van der Waals surface area contributed by atoms with Crippen molar-refractivity contribution in [3.63, 3.8) is 0 Å². The minimum atomic E-state index is 0.327. The minimum absolute atomic E-state index is 0.327. The fourth-order valence-corrected chi connectivity index (χ4v) is 4.41. The van der Waals surface area contributed by atoms with Crippen molar-refractivity contribution in [1.82, 2.24) is 10.2 Å². The van der Waals surface area contributed by atoms with Crippen molar-refractivity contribution in [1.29, 1.82) is 0 Å². The number of carbonyl (C=O) groups is 1. The van der Waals surface area contributed by atoms with Crippen LogP contribution in [0.5, 0.6) is 0 Å². The van der Waals surface area contributed by atoms with Crippen LogP contribution in [0.15, 0.2) is 0 Å². The van der Waals surface area contributed by atoms with Crippen LogP contribution in [0.25, 0.3) is 0 Å². The van der Waals surface area contributed by atoms with Gasteiger partial charge in [-0.15, -0.1) is 0 Å². The van der Waals surface area contributed by atoms with Crippen molar-refractivity contribution in [3.05, 3.63) is 0 Å². The van der Waals surface area contributed by atoms with E-state index in [0.717, 1.165) is 37.6 Å². The Morgan fingerprint density at radius 1 is 1.39 bits per heavy atom. The fraction of sp³-hybridized carbons (Fsp3) is 0.923. The Balaban J connectivity index is 1.81. The lowest BCUT2D eigenvalue weighted by Gasteiger charge is -2.27. The summed E-state index contributed by atoms with van der Waals surface area (Å²) < 4.78 is 0.327. The maximum Gasteiger partial charge on any atom is 0.224 e. The molecule has 104 valence electrons. The van der Waals surface area contributed by atoms with Crippen LogP contribution in [0, 0.1) is 0 Å². The average Bonchev–Trinajstić information content (AvgIpc) is 2.51. The quantitative estimate of drug-likeness (QED) is 0.840. The lowest BCUT2D eigenvalue weighted by molar-refractivity contribution is -0.131. The summed E-state index contributed by atoms with van der Waals surface area (Å²) in [6, 6.07) is 0.389. The van der Waals surface area contributed by atoms with Crippen molar-refractivity contribution in [2.24, 2.45) is 0 Å². The maximum absolute atomic E-state index is 12.3. The van der Waals surface area contributed by atoms with E-state index in [9.17, 15) is 4.79 Å². The molecule has 0 aromatic rings. The van der Waals surface area contributed by atoms with Crippen molar-refractivity contribution in [3.8, 4) is 0 Å². The van der Waals surface area contributed by atoms with Crippen molar-refractivity contribution < 1.29 is 4.79 Å². The molecule has 5 heteroatoms. The predicted molar refractivity (Wildman–Crippen MR) is 81.5 cm³/mol. The summed E-state index contributed by atoms with van der Waals surface area (Å²) in [4.78, 5) is 14.4. The Bertz CT molecular complexity index is 291. The number of rotatable bonds is 2. The highest BCUT2D eigenvalue weighted by Gasteiger charge is 2.27. The number of amides is 1. The van der Waals surface area contributed by atoms with Gasteiger partial charge in [0.1, 0.15) is 0 Å². The molecule has 1 amide bonds. The first-order valence-electron chi connectivity index (χ1n) is 6.80. The van der Waals surface area contributed by atoms with Crippen LogP contribution in [0.3, 0.4) is 0 Å². The maximum atomic E-state index is 12.3. The van der Waals surface area contributed by atoms with E-state index < -0.39 is 0 Å². The summed E-state index contributed by atoms with van der Waals surface area (Å²) in [5.74, 6) is 3.68. The third kappa shape index (κ3) is 4.35. The Hall–Kier alpha value is 0.130. The summed E-state index contributed by atoms with van der Waals surface area (Å²) >= 11 is 3.95. The molecule has 2 fully saturated rings. The first-order chi connectivity index (χ1) is 8.57. The summed E-state index contributed by atoms with van der Waals surface area (Å²) in [5.41, 5.74) is 0. The molecule has 2 heterocycles. The van der Waals surface area contributed by atoms with E-state index in [0.29, 0.717) is 23.1 Å². The molecular formula is C13H24N2OS2. The van der Waals surface area contributed by atoms with Crippen LogP contribution in [0.1, 0.15) is 26.7 Å². The van der Waals surface area contributed by atoms with Gasteiger partial charge in [0, 0.05) is 54.1 Å². The highest BCUT2D eigenvalue weighted by molar-refractivity contribution is 8.00. The smallest absolute Gasteiger partial charge is 0.224 e. The van der Waals surface area contributed by atoms with Crippen molar-refractivity contribution >= 4 is 29.4 Å². The number of hydrogen-bond donors (Lipinski definition) is 1. The molecule has 2 rings (SSSR count). The second-order valence-electron chi connectivity index (χ2n) is 5.67. The molecule has 2 saturated heterocycles. The van der Waals surface area contributed by atoms with Gasteiger partial charge in [-0.05, 0) is 6.42 Å². The third-order valence-corrected chi connectivity index (χ3v) is 6.11. The number of hydrogen-bond acceptors (Lipinski definition) is 4. The Labute approximate surface area is 119 Å². The lowest BCUT2D eigenvalue weighted by Crippen LogP contribution is -2.43. The standard InChI is InChI=1S/C13H24N2OS2/c1-13(2)3-5-15(6-8-18-13)12(16)9-11-10-17-7-4-14-11/h11,14H,3-10H2,1-2H3. The Morgan fingerprint density at radius 2 is 2.22 bits per heavy atom. The largest absolute Gasteiger partial charge is 0.342 e. The molecule has 0 saturated carbocycles. The zero-order valence-corrected chi connectivity index (χ0v) is 13.0. The highest BCUT2D eigenvalue weighted by atomic mass is 32.2. The van der Waals surface area contributed by atoms with Crippen molar-refractivity contribution in [2.75, 3.05) is 36.9 Å². The third-order valence-electron chi connectivity index (χ3n) is 3.61. The molecule has 18 heavy (non-hydrogen) atoms. The summed E-state index contributed by atoms with van der Waals surface area (Å²) in [7, 11) is 0. The van der Waals surface area contributed by atoms with Crippen LogP contribution >= 0.6 is 23.5 Å². The van der Waals surface area contributed by atoms with Gasteiger partial charge in [0.15, 0.2) is 0 Å². The number of nitrogens with zero attached hydrogens (tertiary/aromatic N) is 1. The second-order valence-corrected chi connectivity index (χ2v) is 8.62. The Morgan fingerprint density at radius 3 is 2.94 bits per heavy atom. The topological polar surface area (TPSA) is 32.3 Å². The monoisotopic (exact) mass is 288 g/mol. The van der Waals surface area contributed by atoms with Crippen LogP contribution in [0.2, 0.25) is 0 Å². The molecule has 0 aliphatic carbocycles. The van der Waals surface area contributed by atoms with E-state index in [1.807, 2.05) is 23.5 Å². The van der Waals surface area contributed by atoms with E-state index in [1.165, 1.54) is 5.75 Å². The zero-order chi connectivity index (χ0) is 13.0. The van der Waals surface area contributed by atoms with Gasteiger partial charge in [0.05, 0.1) is 0 Å². The lowest BCUT2D eigenvalue weighted by atomic mass is 10.1. The van der Waals surface area contributed by atoms with E-state index in [-0.39, 0.29) is 0 Å². The van der Waals surface area contributed by atoms with Gasteiger partial charge in [0.25, 0.3) is 0 Å². The molecule has 0 aromatic heterocycles. The molecule has 2 aliphatic rings. The second kappa shape index (κ2) is 6.53. The molecule has 2 aliphatic heterocycles.